The number of carboxylic acid groups (broad SMARTS) is 1. The van der Waals surface area contributed by atoms with Gasteiger partial charge >= 0.3 is 5.97 Å². The molecule has 0 aromatic heterocycles. The largest absolute Gasteiger partial charge is 0.480 e. The summed E-state index contributed by atoms with van der Waals surface area (Å²) in [6, 6.07) is 16.1. The van der Waals surface area contributed by atoms with Crippen molar-refractivity contribution in [3.63, 3.8) is 0 Å². The molecule has 0 saturated carbocycles. The minimum absolute atomic E-state index is 0.119. The molecule has 0 saturated heterocycles. The Morgan fingerprint density at radius 1 is 0.923 bits per heavy atom. The van der Waals surface area contributed by atoms with Crippen LogP contribution in [0.25, 0.3) is 0 Å². The summed E-state index contributed by atoms with van der Waals surface area (Å²) in [5.74, 6) is -1.05. The van der Waals surface area contributed by atoms with Gasteiger partial charge < -0.3 is 21.1 Å². The standard InChI is InChI=1S/C20H25N3O3/c1-14(2)13-21-18(20(25)26)12-19(24)23-17-10-8-16(9-11-17)22-15-6-4-3-5-7-15/h3-11,14,18,21-22H,12-13H2,1-2H3,(H,23,24)(H,25,26). The van der Waals surface area contributed by atoms with Crippen molar-refractivity contribution in [3.05, 3.63) is 54.6 Å². The van der Waals surface area contributed by atoms with E-state index in [0.29, 0.717) is 18.2 Å². The monoisotopic (exact) mass is 355 g/mol. The minimum Gasteiger partial charge on any atom is -0.480 e. The molecule has 0 radical (unpaired) electrons. The van der Waals surface area contributed by atoms with E-state index < -0.39 is 12.0 Å². The molecule has 0 bridgehead atoms. The normalized spacial score (nSPS) is 11.8. The highest BCUT2D eigenvalue weighted by molar-refractivity contribution is 5.94. The first kappa shape index (κ1) is 19.5. The van der Waals surface area contributed by atoms with Gasteiger partial charge in [-0.1, -0.05) is 32.0 Å². The predicted molar refractivity (Wildman–Crippen MR) is 104 cm³/mol. The average Bonchev–Trinajstić information content (AvgIpc) is 2.61. The molecule has 26 heavy (non-hydrogen) atoms. The van der Waals surface area contributed by atoms with Crippen molar-refractivity contribution in [2.75, 3.05) is 17.2 Å². The fraction of sp³-hybridized carbons (Fsp3) is 0.300. The second kappa shape index (κ2) is 9.58. The van der Waals surface area contributed by atoms with E-state index in [1.165, 1.54) is 0 Å². The van der Waals surface area contributed by atoms with Gasteiger partial charge in [-0.3, -0.25) is 9.59 Å². The number of anilines is 3. The number of nitrogens with one attached hydrogen (secondary N) is 3. The summed E-state index contributed by atoms with van der Waals surface area (Å²) in [5, 5.41) is 18.1. The second-order valence-corrected chi connectivity index (χ2v) is 6.51. The van der Waals surface area contributed by atoms with Gasteiger partial charge in [-0.15, -0.1) is 0 Å². The molecule has 138 valence electrons. The van der Waals surface area contributed by atoms with Crippen molar-refractivity contribution in [2.45, 2.75) is 26.3 Å². The molecule has 0 aliphatic carbocycles. The number of carboxylic acids is 1. The Balaban J connectivity index is 1.89. The topological polar surface area (TPSA) is 90.5 Å². The molecule has 1 unspecified atom stereocenters. The van der Waals surface area contributed by atoms with Gasteiger partial charge in [-0.05, 0) is 48.9 Å². The lowest BCUT2D eigenvalue weighted by molar-refractivity contribution is -0.141. The van der Waals surface area contributed by atoms with Crippen molar-refractivity contribution < 1.29 is 14.7 Å². The van der Waals surface area contributed by atoms with Crippen molar-refractivity contribution >= 4 is 28.9 Å². The van der Waals surface area contributed by atoms with E-state index in [4.69, 9.17) is 0 Å². The van der Waals surface area contributed by atoms with Crippen LogP contribution in [-0.2, 0) is 9.59 Å². The van der Waals surface area contributed by atoms with Gasteiger partial charge in [-0.25, -0.2) is 0 Å². The van der Waals surface area contributed by atoms with Crippen LogP contribution in [0.5, 0.6) is 0 Å². The van der Waals surface area contributed by atoms with Gasteiger partial charge in [0.15, 0.2) is 0 Å². The zero-order valence-electron chi connectivity index (χ0n) is 15.0. The Morgan fingerprint density at radius 3 is 2.08 bits per heavy atom. The van der Waals surface area contributed by atoms with Crippen LogP contribution >= 0.6 is 0 Å². The van der Waals surface area contributed by atoms with Crippen LogP contribution in [0.15, 0.2) is 54.6 Å². The van der Waals surface area contributed by atoms with Gasteiger partial charge in [0, 0.05) is 17.1 Å². The lowest BCUT2D eigenvalue weighted by Gasteiger charge is -2.16. The van der Waals surface area contributed by atoms with Crippen LogP contribution in [-0.4, -0.2) is 29.6 Å². The van der Waals surface area contributed by atoms with E-state index in [0.717, 1.165) is 11.4 Å². The van der Waals surface area contributed by atoms with E-state index >= 15 is 0 Å². The highest BCUT2D eigenvalue weighted by Crippen LogP contribution is 2.18. The molecular formula is C20H25N3O3. The van der Waals surface area contributed by atoms with E-state index in [9.17, 15) is 14.7 Å². The van der Waals surface area contributed by atoms with Gasteiger partial charge in [0.25, 0.3) is 0 Å². The predicted octanol–water partition coefficient (Wildman–Crippen LogP) is 3.46. The minimum atomic E-state index is -1.02. The highest BCUT2D eigenvalue weighted by atomic mass is 16.4. The summed E-state index contributed by atoms with van der Waals surface area (Å²) in [4.78, 5) is 23.4. The summed E-state index contributed by atoms with van der Waals surface area (Å²) >= 11 is 0. The first-order chi connectivity index (χ1) is 12.4. The van der Waals surface area contributed by atoms with Crippen molar-refractivity contribution in [1.29, 1.82) is 0 Å². The van der Waals surface area contributed by atoms with Crippen LogP contribution < -0.4 is 16.0 Å². The molecule has 6 heteroatoms. The van der Waals surface area contributed by atoms with Crippen LogP contribution in [0.3, 0.4) is 0 Å². The third kappa shape index (κ3) is 6.57. The number of hydrogen-bond acceptors (Lipinski definition) is 4. The molecule has 2 rings (SSSR count). The van der Waals surface area contributed by atoms with Crippen molar-refractivity contribution in [1.82, 2.24) is 5.32 Å². The number of aliphatic carboxylic acids is 1. The van der Waals surface area contributed by atoms with E-state index in [2.05, 4.69) is 16.0 Å². The maximum absolute atomic E-state index is 12.1. The molecule has 1 atom stereocenters. The Kier molecular flexibility index (Phi) is 7.17. The zero-order valence-corrected chi connectivity index (χ0v) is 15.0. The first-order valence-corrected chi connectivity index (χ1v) is 8.62. The van der Waals surface area contributed by atoms with Crippen LogP contribution in [0.1, 0.15) is 20.3 Å². The van der Waals surface area contributed by atoms with Gasteiger partial charge in [0.1, 0.15) is 6.04 Å². The Hall–Kier alpha value is -2.86. The van der Waals surface area contributed by atoms with Crippen molar-refractivity contribution in [3.8, 4) is 0 Å². The maximum atomic E-state index is 12.1. The summed E-state index contributed by atoms with van der Waals surface area (Å²) < 4.78 is 0. The van der Waals surface area contributed by atoms with Crippen LogP contribution in [0.2, 0.25) is 0 Å². The summed E-state index contributed by atoms with van der Waals surface area (Å²) in [7, 11) is 0. The molecule has 0 heterocycles. The molecule has 0 aliphatic rings. The molecular weight excluding hydrogens is 330 g/mol. The SMILES string of the molecule is CC(C)CNC(CC(=O)Nc1ccc(Nc2ccccc2)cc1)C(=O)O. The lowest BCUT2D eigenvalue weighted by atomic mass is 10.1. The zero-order chi connectivity index (χ0) is 18.9. The summed E-state index contributed by atoms with van der Waals surface area (Å²) in [6.07, 6.45) is -0.119. The number of para-hydroxylation sites is 1. The van der Waals surface area contributed by atoms with E-state index in [1.807, 2.05) is 56.3 Å². The van der Waals surface area contributed by atoms with E-state index in [-0.39, 0.29) is 12.3 Å². The van der Waals surface area contributed by atoms with Gasteiger partial charge in [0.05, 0.1) is 6.42 Å². The fourth-order valence-corrected chi connectivity index (χ4v) is 2.35. The van der Waals surface area contributed by atoms with Crippen LogP contribution in [0, 0.1) is 5.92 Å². The first-order valence-electron chi connectivity index (χ1n) is 8.62. The number of rotatable bonds is 9. The highest BCUT2D eigenvalue weighted by Gasteiger charge is 2.20. The quantitative estimate of drug-likeness (QED) is 0.553. The smallest absolute Gasteiger partial charge is 0.321 e. The molecule has 2 aromatic rings. The number of benzene rings is 2. The van der Waals surface area contributed by atoms with Crippen LogP contribution in [0.4, 0.5) is 17.1 Å². The Morgan fingerprint density at radius 2 is 1.50 bits per heavy atom. The molecule has 2 aromatic carbocycles. The maximum Gasteiger partial charge on any atom is 0.321 e. The molecule has 0 spiro atoms. The number of amides is 1. The number of carbonyl (C=O) groups excluding carboxylic acids is 1. The lowest BCUT2D eigenvalue weighted by Crippen LogP contribution is -2.41. The Labute approximate surface area is 153 Å². The third-order valence-corrected chi connectivity index (χ3v) is 3.69. The number of hydrogen-bond donors (Lipinski definition) is 4. The van der Waals surface area contributed by atoms with Gasteiger partial charge in [0.2, 0.25) is 5.91 Å². The molecule has 0 fully saturated rings. The molecule has 0 aliphatic heterocycles. The van der Waals surface area contributed by atoms with Gasteiger partial charge in [-0.2, -0.15) is 0 Å². The summed E-state index contributed by atoms with van der Waals surface area (Å²) in [6.45, 7) is 4.51. The Bertz CT molecular complexity index is 715. The third-order valence-electron chi connectivity index (χ3n) is 3.69. The second-order valence-electron chi connectivity index (χ2n) is 6.51. The molecule has 1 amide bonds. The molecule has 6 nitrogen and oxygen atoms in total. The molecule has 4 N–H and O–H groups in total. The van der Waals surface area contributed by atoms with Crippen molar-refractivity contribution in [2.24, 2.45) is 5.92 Å². The van der Waals surface area contributed by atoms with E-state index in [1.54, 1.807) is 12.1 Å². The number of carbonyl (C=O) groups is 2. The summed E-state index contributed by atoms with van der Waals surface area (Å²) in [5.41, 5.74) is 2.50. The fourth-order valence-electron chi connectivity index (χ4n) is 2.35. The average molecular weight is 355 g/mol.